The molecule has 7 heteroatoms. The van der Waals surface area contributed by atoms with Crippen LogP contribution < -0.4 is 10.6 Å². The smallest absolute Gasteiger partial charge is 0.224 e. The zero-order valence-electron chi connectivity index (χ0n) is 12.4. The number of hydrogen-bond donors (Lipinski definition) is 2. The van der Waals surface area contributed by atoms with Crippen LogP contribution in [-0.4, -0.2) is 47.0 Å². The number of amides is 1. The van der Waals surface area contributed by atoms with E-state index in [0.717, 1.165) is 32.1 Å². The first kappa shape index (κ1) is 15.5. The zero-order chi connectivity index (χ0) is 15.1. The maximum absolute atomic E-state index is 13.6. The van der Waals surface area contributed by atoms with E-state index in [-0.39, 0.29) is 11.7 Å². The van der Waals surface area contributed by atoms with Gasteiger partial charge in [0.05, 0.1) is 6.20 Å². The molecule has 6 nitrogen and oxygen atoms in total. The number of rotatable bonds is 6. The monoisotopic (exact) mass is 295 g/mol. The van der Waals surface area contributed by atoms with Crippen LogP contribution in [0, 0.1) is 5.82 Å². The molecule has 0 aromatic carbocycles. The summed E-state index contributed by atoms with van der Waals surface area (Å²) in [4.78, 5) is 21.7. The predicted molar refractivity (Wildman–Crippen MR) is 79.7 cm³/mol. The van der Waals surface area contributed by atoms with Crippen molar-refractivity contribution in [2.75, 3.05) is 36.8 Å². The normalized spacial score (nSPS) is 14.9. The van der Waals surface area contributed by atoms with Gasteiger partial charge in [0.25, 0.3) is 0 Å². The van der Waals surface area contributed by atoms with Gasteiger partial charge in [-0.3, -0.25) is 4.79 Å². The first-order chi connectivity index (χ1) is 10.2. The third-order valence-corrected chi connectivity index (χ3v) is 3.42. The van der Waals surface area contributed by atoms with Gasteiger partial charge in [-0.15, -0.1) is 0 Å². The lowest BCUT2D eigenvalue weighted by atomic mass is 10.1. The van der Waals surface area contributed by atoms with Crippen molar-refractivity contribution in [2.24, 2.45) is 0 Å². The van der Waals surface area contributed by atoms with Gasteiger partial charge in [-0.1, -0.05) is 0 Å². The van der Waals surface area contributed by atoms with Crippen LogP contribution in [0.25, 0.3) is 0 Å². The highest BCUT2D eigenvalue weighted by molar-refractivity contribution is 5.76. The first-order valence-corrected chi connectivity index (χ1v) is 7.48. The summed E-state index contributed by atoms with van der Waals surface area (Å²) in [7, 11) is 0. The number of halogens is 1. The first-order valence-electron chi connectivity index (χ1n) is 7.48. The van der Waals surface area contributed by atoms with Gasteiger partial charge in [0.15, 0.2) is 11.6 Å². The van der Waals surface area contributed by atoms with E-state index >= 15 is 0 Å². The molecule has 1 aliphatic rings. The van der Waals surface area contributed by atoms with Crippen molar-refractivity contribution >= 4 is 17.7 Å². The summed E-state index contributed by atoms with van der Waals surface area (Å²) in [6.07, 6.45) is 4.82. The molecule has 2 N–H and O–H groups in total. The molecule has 0 bridgehead atoms. The molecule has 0 aliphatic carbocycles. The Bertz CT molecular complexity index is 476. The quantitative estimate of drug-likeness (QED) is 0.838. The van der Waals surface area contributed by atoms with Crippen LogP contribution in [0.15, 0.2) is 6.20 Å². The predicted octanol–water partition coefficient (Wildman–Crippen LogP) is 1.86. The van der Waals surface area contributed by atoms with Crippen molar-refractivity contribution < 1.29 is 9.18 Å². The molecule has 2 heterocycles. The van der Waals surface area contributed by atoms with Gasteiger partial charge in [-0.2, -0.15) is 4.98 Å². The van der Waals surface area contributed by atoms with Gasteiger partial charge >= 0.3 is 0 Å². The van der Waals surface area contributed by atoms with Gasteiger partial charge < -0.3 is 15.5 Å². The Morgan fingerprint density at radius 2 is 2.10 bits per heavy atom. The van der Waals surface area contributed by atoms with Gasteiger partial charge in [0, 0.05) is 32.6 Å². The number of carbonyl (C=O) groups is 1. The topological polar surface area (TPSA) is 70.2 Å². The molecular weight excluding hydrogens is 273 g/mol. The molecule has 116 valence electrons. The number of nitrogens with one attached hydrogen (secondary N) is 2. The van der Waals surface area contributed by atoms with Crippen molar-refractivity contribution in [3.8, 4) is 0 Å². The second-order valence-electron chi connectivity index (χ2n) is 5.04. The Kier molecular flexibility index (Phi) is 5.71. The number of carbonyl (C=O) groups excluding carboxylic acids is 1. The van der Waals surface area contributed by atoms with Crippen molar-refractivity contribution in [1.29, 1.82) is 0 Å². The standard InChI is InChI=1S/C14H22FN5O/c1-2-16-14-18-10-11(15)13(19-14)17-7-6-12(21)20-8-4-3-5-9-20/h10H,2-9H2,1H3,(H2,16,17,18,19). The molecule has 1 aromatic rings. The minimum Gasteiger partial charge on any atom is -0.367 e. The van der Waals surface area contributed by atoms with Crippen LogP contribution in [0.3, 0.4) is 0 Å². The van der Waals surface area contributed by atoms with E-state index in [1.165, 1.54) is 6.42 Å². The molecule has 1 saturated heterocycles. The summed E-state index contributed by atoms with van der Waals surface area (Å²) in [5.74, 6) is 0.113. The van der Waals surface area contributed by atoms with Crippen LogP contribution in [0.1, 0.15) is 32.6 Å². The Morgan fingerprint density at radius 3 is 2.81 bits per heavy atom. The second kappa shape index (κ2) is 7.75. The van der Waals surface area contributed by atoms with Crippen molar-refractivity contribution in [3.05, 3.63) is 12.0 Å². The summed E-state index contributed by atoms with van der Waals surface area (Å²) in [5, 5.41) is 5.79. The minimum atomic E-state index is -0.512. The fourth-order valence-corrected chi connectivity index (χ4v) is 2.32. The van der Waals surface area contributed by atoms with Crippen molar-refractivity contribution in [2.45, 2.75) is 32.6 Å². The maximum Gasteiger partial charge on any atom is 0.224 e. The largest absolute Gasteiger partial charge is 0.367 e. The van der Waals surface area contributed by atoms with E-state index in [4.69, 9.17) is 0 Å². The summed E-state index contributed by atoms with van der Waals surface area (Å²) in [6.45, 7) is 4.63. The lowest BCUT2D eigenvalue weighted by Gasteiger charge is -2.26. The van der Waals surface area contributed by atoms with Crippen LogP contribution in [0.4, 0.5) is 16.2 Å². The highest BCUT2D eigenvalue weighted by atomic mass is 19.1. The fourth-order valence-electron chi connectivity index (χ4n) is 2.32. The maximum atomic E-state index is 13.6. The molecule has 1 aromatic heterocycles. The second-order valence-corrected chi connectivity index (χ2v) is 5.04. The highest BCUT2D eigenvalue weighted by Gasteiger charge is 2.16. The van der Waals surface area contributed by atoms with Crippen LogP contribution >= 0.6 is 0 Å². The average Bonchev–Trinajstić information content (AvgIpc) is 2.51. The third kappa shape index (κ3) is 4.54. The summed E-state index contributed by atoms with van der Waals surface area (Å²) in [5.41, 5.74) is 0. The van der Waals surface area contributed by atoms with Crippen LogP contribution in [0.5, 0.6) is 0 Å². The molecule has 2 rings (SSSR count). The molecular formula is C14H22FN5O. The summed E-state index contributed by atoms with van der Waals surface area (Å²) < 4.78 is 13.6. The van der Waals surface area contributed by atoms with E-state index < -0.39 is 5.82 Å². The number of anilines is 2. The Hall–Kier alpha value is -1.92. The summed E-state index contributed by atoms with van der Waals surface area (Å²) in [6, 6.07) is 0. The molecule has 0 spiro atoms. The van der Waals surface area contributed by atoms with E-state index in [0.29, 0.717) is 25.5 Å². The lowest BCUT2D eigenvalue weighted by molar-refractivity contribution is -0.131. The molecule has 0 unspecified atom stereocenters. The molecule has 1 fully saturated rings. The van der Waals surface area contributed by atoms with Crippen molar-refractivity contribution in [3.63, 3.8) is 0 Å². The SMILES string of the molecule is CCNc1ncc(F)c(NCCC(=O)N2CCCCC2)n1. The Morgan fingerprint density at radius 1 is 1.33 bits per heavy atom. The van der Waals surface area contributed by atoms with Gasteiger partial charge in [-0.25, -0.2) is 9.37 Å². The van der Waals surface area contributed by atoms with E-state index in [1.54, 1.807) is 0 Å². The minimum absolute atomic E-state index is 0.114. The Labute approximate surface area is 124 Å². The number of hydrogen-bond acceptors (Lipinski definition) is 5. The molecule has 0 atom stereocenters. The lowest BCUT2D eigenvalue weighted by Crippen LogP contribution is -2.36. The van der Waals surface area contributed by atoms with Crippen LogP contribution in [0.2, 0.25) is 0 Å². The zero-order valence-corrected chi connectivity index (χ0v) is 12.4. The van der Waals surface area contributed by atoms with Gasteiger partial charge in [0.1, 0.15) is 0 Å². The number of piperidine rings is 1. The fraction of sp³-hybridized carbons (Fsp3) is 0.643. The van der Waals surface area contributed by atoms with Gasteiger partial charge in [-0.05, 0) is 26.2 Å². The molecule has 21 heavy (non-hydrogen) atoms. The average molecular weight is 295 g/mol. The number of likely N-dealkylation sites (tertiary alicyclic amines) is 1. The van der Waals surface area contributed by atoms with E-state index in [9.17, 15) is 9.18 Å². The van der Waals surface area contributed by atoms with Crippen LogP contribution in [-0.2, 0) is 4.79 Å². The molecule has 0 saturated carbocycles. The van der Waals surface area contributed by atoms with E-state index in [2.05, 4.69) is 20.6 Å². The molecule has 1 amide bonds. The number of nitrogens with zero attached hydrogens (tertiary/aromatic N) is 3. The number of aromatic nitrogens is 2. The van der Waals surface area contributed by atoms with Gasteiger partial charge in [0.2, 0.25) is 11.9 Å². The Balaban J connectivity index is 1.82. The van der Waals surface area contributed by atoms with E-state index in [1.807, 2.05) is 11.8 Å². The highest BCUT2D eigenvalue weighted by Crippen LogP contribution is 2.13. The molecule has 1 aliphatic heterocycles. The third-order valence-electron chi connectivity index (χ3n) is 3.42. The molecule has 0 radical (unpaired) electrons. The summed E-state index contributed by atoms with van der Waals surface area (Å²) >= 11 is 0. The van der Waals surface area contributed by atoms with Crippen molar-refractivity contribution in [1.82, 2.24) is 14.9 Å².